The fraction of sp³-hybridized carbons (Fsp3) is 0.190. The molecule has 4 heteroatoms. The lowest BCUT2D eigenvalue weighted by atomic mass is 9.90. The first-order valence-corrected chi connectivity index (χ1v) is 8.21. The van der Waals surface area contributed by atoms with Gasteiger partial charge in [-0.25, -0.2) is 9.18 Å². The maximum atomic E-state index is 13.0. The molecule has 25 heavy (non-hydrogen) atoms. The van der Waals surface area contributed by atoms with Crippen molar-refractivity contribution in [1.82, 2.24) is 0 Å². The van der Waals surface area contributed by atoms with Crippen LogP contribution in [0, 0.1) is 0 Å². The van der Waals surface area contributed by atoms with Gasteiger partial charge in [0, 0.05) is 12.0 Å². The van der Waals surface area contributed by atoms with Crippen molar-refractivity contribution in [1.29, 1.82) is 0 Å². The van der Waals surface area contributed by atoms with Gasteiger partial charge >= 0.3 is 5.97 Å². The maximum Gasteiger partial charge on any atom is 0.338 e. The molecule has 0 aliphatic carbocycles. The second-order valence-corrected chi connectivity index (χ2v) is 6.10. The Labute approximate surface area is 143 Å². The Hall–Kier alpha value is -2.75. The summed E-state index contributed by atoms with van der Waals surface area (Å²) < 4.78 is 30.7. The van der Waals surface area contributed by atoms with E-state index in [1.165, 1.54) is 0 Å². The van der Waals surface area contributed by atoms with Crippen molar-refractivity contribution in [3.8, 4) is 0 Å². The highest BCUT2D eigenvalue weighted by Gasteiger charge is 2.20. The van der Waals surface area contributed by atoms with Gasteiger partial charge < -0.3 is 4.74 Å². The van der Waals surface area contributed by atoms with Gasteiger partial charge in [-0.05, 0) is 32.3 Å². The highest BCUT2D eigenvalue weighted by Crippen LogP contribution is 2.38. The van der Waals surface area contributed by atoms with E-state index in [2.05, 4.69) is 18.2 Å². The second-order valence-electron chi connectivity index (χ2n) is 6.10. The van der Waals surface area contributed by atoms with E-state index in [1.54, 1.807) is 0 Å². The van der Waals surface area contributed by atoms with Crippen LogP contribution in [0.3, 0.4) is 0 Å². The molecule has 2 nitrogen and oxygen atoms in total. The average molecular weight is 338 g/mol. The van der Waals surface area contributed by atoms with Crippen LogP contribution in [0.25, 0.3) is 32.3 Å². The van der Waals surface area contributed by atoms with Crippen LogP contribution in [-0.4, -0.2) is 19.3 Å². The standard InChI is InChI=1S/C21H16F2O2/c22-11-10-18(25-19(24)12-23)16-8-6-15-5-4-13-2-1-3-14-7-9-17(16)21(15)20(13)14/h1-9,18H,10-12H2. The summed E-state index contributed by atoms with van der Waals surface area (Å²) in [5, 5.41) is 6.42. The van der Waals surface area contributed by atoms with Gasteiger partial charge in [-0.1, -0.05) is 54.6 Å². The summed E-state index contributed by atoms with van der Waals surface area (Å²) in [6, 6.07) is 18.0. The molecule has 0 spiro atoms. The van der Waals surface area contributed by atoms with Crippen LogP contribution in [0.4, 0.5) is 8.78 Å². The smallest absolute Gasteiger partial charge is 0.338 e. The van der Waals surface area contributed by atoms with E-state index < -0.39 is 25.4 Å². The zero-order valence-electron chi connectivity index (χ0n) is 13.5. The summed E-state index contributed by atoms with van der Waals surface area (Å²) >= 11 is 0. The molecule has 4 aromatic rings. The van der Waals surface area contributed by atoms with Crippen LogP contribution in [0.1, 0.15) is 18.1 Å². The highest BCUT2D eigenvalue weighted by atomic mass is 19.1. The summed E-state index contributed by atoms with van der Waals surface area (Å²) in [6.45, 7) is -1.86. The largest absolute Gasteiger partial charge is 0.455 e. The molecule has 0 amide bonds. The summed E-state index contributed by atoms with van der Waals surface area (Å²) in [5.41, 5.74) is 0.713. The summed E-state index contributed by atoms with van der Waals surface area (Å²) in [7, 11) is 0. The second kappa shape index (κ2) is 6.28. The monoisotopic (exact) mass is 338 g/mol. The number of alkyl halides is 2. The fourth-order valence-electron chi connectivity index (χ4n) is 3.61. The van der Waals surface area contributed by atoms with Gasteiger partial charge in [0.25, 0.3) is 0 Å². The number of carbonyl (C=O) groups excluding carboxylic acids is 1. The van der Waals surface area contributed by atoms with Crippen molar-refractivity contribution >= 4 is 38.3 Å². The molecule has 0 heterocycles. The van der Waals surface area contributed by atoms with Crippen molar-refractivity contribution in [2.45, 2.75) is 12.5 Å². The van der Waals surface area contributed by atoms with Crippen LogP contribution < -0.4 is 0 Å². The van der Waals surface area contributed by atoms with Gasteiger partial charge in [0.15, 0.2) is 6.67 Å². The van der Waals surface area contributed by atoms with E-state index in [4.69, 9.17) is 4.74 Å². The Balaban J connectivity index is 1.99. The SMILES string of the molecule is O=C(CF)OC(CCF)c1ccc2ccc3cccc4ccc1c2c34. The molecule has 0 bridgehead atoms. The van der Waals surface area contributed by atoms with Crippen molar-refractivity contribution in [3.63, 3.8) is 0 Å². The quantitative estimate of drug-likeness (QED) is 0.355. The minimum Gasteiger partial charge on any atom is -0.455 e. The first kappa shape index (κ1) is 15.8. The third kappa shape index (κ3) is 2.58. The molecule has 0 fully saturated rings. The molecule has 0 aliphatic rings. The Morgan fingerprint density at radius 2 is 1.52 bits per heavy atom. The van der Waals surface area contributed by atoms with Crippen LogP contribution in [0.5, 0.6) is 0 Å². The molecule has 4 aromatic carbocycles. The predicted molar refractivity (Wildman–Crippen MR) is 95.5 cm³/mol. The van der Waals surface area contributed by atoms with Crippen molar-refractivity contribution < 1.29 is 18.3 Å². The van der Waals surface area contributed by atoms with Crippen LogP contribution in [0.2, 0.25) is 0 Å². The Morgan fingerprint density at radius 3 is 2.20 bits per heavy atom. The molecule has 0 N–H and O–H groups in total. The first-order chi connectivity index (χ1) is 12.2. The first-order valence-electron chi connectivity index (χ1n) is 8.21. The zero-order chi connectivity index (χ0) is 17.4. The number of rotatable bonds is 5. The Morgan fingerprint density at radius 1 is 0.880 bits per heavy atom. The normalized spacial score (nSPS) is 12.9. The fourth-order valence-corrected chi connectivity index (χ4v) is 3.61. The molecule has 0 aliphatic heterocycles. The molecule has 0 saturated carbocycles. The molecule has 0 saturated heterocycles. The van der Waals surface area contributed by atoms with Gasteiger partial charge in [0.2, 0.25) is 0 Å². The van der Waals surface area contributed by atoms with Gasteiger partial charge in [-0.3, -0.25) is 4.39 Å². The van der Waals surface area contributed by atoms with E-state index in [0.717, 1.165) is 32.3 Å². The minimum atomic E-state index is -1.21. The molecule has 4 rings (SSSR count). The van der Waals surface area contributed by atoms with E-state index in [9.17, 15) is 13.6 Å². The van der Waals surface area contributed by atoms with Crippen LogP contribution in [0.15, 0.2) is 54.6 Å². The molecule has 1 atom stereocenters. The van der Waals surface area contributed by atoms with Crippen LogP contribution in [-0.2, 0) is 9.53 Å². The third-order valence-electron chi connectivity index (χ3n) is 4.66. The molecule has 0 aromatic heterocycles. The molecule has 1 unspecified atom stereocenters. The van der Waals surface area contributed by atoms with Gasteiger partial charge in [0.05, 0.1) is 6.67 Å². The Kier molecular flexibility index (Phi) is 3.96. The van der Waals surface area contributed by atoms with Crippen molar-refractivity contribution in [2.24, 2.45) is 0 Å². The minimum absolute atomic E-state index is 0.00963. The number of halogens is 2. The van der Waals surface area contributed by atoms with Gasteiger partial charge in [0.1, 0.15) is 6.10 Å². The Bertz CT molecular complexity index is 1040. The van der Waals surface area contributed by atoms with E-state index >= 15 is 0 Å². The molecule has 126 valence electrons. The lowest BCUT2D eigenvalue weighted by Gasteiger charge is -2.20. The molecular formula is C21H16F2O2. The number of esters is 1. The number of benzene rings is 4. The van der Waals surface area contributed by atoms with Crippen molar-refractivity contribution in [3.05, 3.63) is 60.2 Å². The van der Waals surface area contributed by atoms with E-state index in [0.29, 0.717) is 5.56 Å². The third-order valence-corrected chi connectivity index (χ3v) is 4.66. The lowest BCUT2D eigenvalue weighted by molar-refractivity contribution is -0.150. The number of carbonyl (C=O) groups is 1. The number of hydrogen-bond donors (Lipinski definition) is 0. The molecular weight excluding hydrogens is 322 g/mol. The zero-order valence-corrected chi connectivity index (χ0v) is 13.5. The highest BCUT2D eigenvalue weighted by molar-refractivity contribution is 6.23. The van der Waals surface area contributed by atoms with Crippen LogP contribution >= 0.6 is 0 Å². The predicted octanol–water partition coefficient (Wildman–Crippen LogP) is 5.50. The summed E-state index contributed by atoms with van der Waals surface area (Å²) in [5.74, 6) is -0.968. The summed E-state index contributed by atoms with van der Waals surface area (Å²) in [6.07, 6.45) is -0.784. The van der Waals surface area contributed by atoms with Gasteiger partial charge in [-0.15, -0.1) is 0 Å². The lowest BCUT2D eigenvalue weighted by Crippen LogP contribution is -2.14. The molecule has 0 radical (unpaired) electrons. The summed E-state index contributed by atoms with van der Waals surface area (Å²) in [4.78, 5) is 11.4. The van der Waals surface area contributed by atoms with E-state index in [-0.39, 0.29) is 6.42 Å². The van der Waals surface area contributed by atoms with E-state index in [1.807, 2.05) is 36.4 Å². The van der Waals surface area contributed by atoms with Crippen molar-refractivity contribution in [2.75, 3.05) is 13.3 Å². The topological polar surface area (TPSA) is 26.3 Å². The number of ether oxygens (including phenoxy) is 1. The maximum absolute atomic E-state index is 13.0. The van der Waals surface area contributed by atoms with Gasteiger partial charge in [-0.2, -0.15) is 0 Å². The number of hydrogen-bond acceptors (Lipinski definition) is 2. The average Bonchev–Trinajstić information content (AvgIpc) is 2.65.